The molecule has 90 valence electrons. The van der Waals surface area contributed by atoms with Gasteiger partial charge in [-0.3, -0.25) is 0 Å². The first kappa shape index (κ1) is 11.4. The van der Waals surface area contributed by atoms with Crippen LogP contribution in [0.5, 0.6) is 0 Å². The predicted molar refractivity (Wildman–Crippen MR) is 62.1 cm³/mol. The highest BCUT2D eigenvalue weighted by Gasteiger charge is 2.37. The second-order valence-corrected chi connectivity index (χ2v) is 5.13. The third-order valence-corrected chi connectivity index (χ3v) is 3.41. The van der Waals surface area contributed by atoms with Gasteiger partial charge in [-0.05, 0) is 36.8 Å². The van der Waals surface area contributed by atoms with Crippen LogP contribution in [0.25, 0.3) is 0 Å². The maximum atomic E-state index is 6.34. The van der Waals surface area contributed by atoms with Crippen molar-refractivity contribution in [2.75, 3.05) is 19.0 Å². The van der Waals surface area contributed by atoms with Gasteiger partial charge in [-0.2, -0.15) is 4.98 Å². The first-order chi connectivity index (χ1) is 7.51. The van der Waals surface area contributed by atoms with Crippen LogP contribution in [0.3, 0.4) is 0 Å². The zero-order chi connectivity index (χ0) is 11.8. The summed E-state index contributed by atoms with van der Waals surface area (Å²) in [4.78, 5) is 6.17. The number of nitrogens with zero attached hydrogens (tertiary/aromatic N) is 3. The largest absolute Gasteiger partial charge is 0.344 e. The topological polar surface area (TPSA) is 68.2 Å². The number of hydrogen-bond acceptors (Lipinski definition) is 5. The minimum atomic E-state index is -0.409. The van der Waals surface area contributed by atoms with Crippen molar-refractivity contribution in [2.24, 2.45) is 11.7 Å². The lowest BCUT2D eigenvalue weighted by Crippen LogP contribution is -2.40. The molecule has 1 fully saturated rings. The second kappa shape index (κ2) is 4.05. The number of hydrogen-bond donors (Lipinski definition) is 1. The Kier molecular flexibility index (Phi) is 2.88. The van der Waals surface area contributed by atoms with Gasteiger partial charge in [-0.15, -0.1) is 0 Å². The average Bonchev–Trinajstić information content (AvgIpc) is 2.72. The van der Waals surface area contributed by atoms with Crippen molar-refractivity contribution in [3.63, 3.8) is 0 Å². The molecule has 0 aliphatic heterocycles. The van der Waals surface area contributed by atoms with Crippen molar-refractivity contribution in [3.05, 3.63) is 5.89 Å². The van der Waals surface area contributed by atoms with E-state index in [1.807, 2.05) is 19.0 Å². The van der Waals surface area contributed by atoms with Crippen molar-refractivity contribution in [1.82, 2.24) is 10.1 Å². The van der Waals surface area contributed by atoms with E-state index in [2.05, 4.69) is 17.1 Å². The molecule has 1 aromatic rings. The Hall–Kier alpha value is -1.10. The quantitative estimate of drug-likeness (QED) is 0.824. The monoisotopic (exact) mass is 224 g/mol. The van der Waals surface area contributed by atoms with E-state index in [4.69, 9.17) is 10.3 Å². The molecule has 1 aliphatic rings. The highest BCUT2D eigenvalue weighted by Crippen LogP contribution is 2.36. The maximum Gasteiger partial charge on any atom is 0.265 e. The van der Waals surface area contributed by atoms with Crippen LogP contribution in [0.15, 0.2) is 4.52 Å². The SMILES string of the molecule is CC1CCC(N)(c2nc(N(C)C)no2)CC1. The predicted octanol–water partition coefficient (Wildman–Crippen LogP) is 1.50. The molecule has 0 unspecified atom stereocenters. The summed E-state index contributed by atoms with van der Waals surface area (Å²) in [6, 6.07) is 0. The van der Waals surface area contributed by atoms with E-state index in [-0.39, 0.29) is 0 Å². The zero-order valence-corrected chi connectivity index (χ0v) is 10.2. The van der Waals surface area contributed by atoms with Crippen LogP contribution in [0.1, 0.15) is 38.5 Å². The average molecular weight is 224 g/mol. The van der Waals surface area contributed by atoms with Gasteiger partial charge < -0.3 is 15.2 Å². The standard InChI is InChI=1S/C11H20N4O/c1-8-4-6-11(12,7-5-8)9-13-10(14-16-9)15(2)3/h8H,4-7,12H2,1-3H3. The van der Waals surface area contributed by atoms with Gasteiger partial charge in [0, 0.05) is 14.1 Å². The van der Waals surface area contributed by atoms with E-state index >= 15 is 0 Å². The summed E-state index contributed by atoms with van der Waals surface area (Å²) >= 11 is 0. The summed E-state index contributed by atoms with van der Waals surface area (Å²) in [6.45, 7) is 2.26. The Labute approximate surface area is 96.0 Å². The van der Waals surface area contributed by atoms with E-state index in [0.29, 0.717) is 11.8 Å². The van der Waals surface area contributed by atoms with Crippen LogP contribution in [-0.2, 0) is 5.54 Å². The number of anilines is 1. The van der Waals surface area contributed by atoms with E-state index in [9.17, 15) is 0 Å². The molecule has 16 heavy (non-hydrogen) atoms. The lowest BCUT2D eigenvalue weighted by atomic mass is 9.78. The van der Waals surface area contributed by atoms with Crippen molar-refractivity contribution in [2.45, 2.75) is 38.1 Å². The molecule has 1 aromatic heterocycles. The molecular weight excluding hydrogens is 204 g/mol. The molecule has 2 N–H and O–H groups in total. The van der Waals surface area contributed by atoms with Crippen LogP contribution in [0.4, 0.5) is 5.95 Å². The molecule has 0 radical (unpaired) electrons. The summed E-state index contributed by atoms with van der Waals surface area (Å²) in [5, 5.41) is 3.91. The summed E-state index contributed by atoms with van der Waals surface area (Å²) in [5.74, 6) is 1.94. The van der Waals surface area contributed by atoms with Gasteiger partial charge in [-0.25, -0.2) is 0 Å². The molecule has 5 nitrogen and oxygen atoms in total. The van der Waals surface area contributed by atoms with Gasteiger partial charge in [0.2, 0.25) is 5.89 Å². The fraction of sp³-hybridized carbons (Fsp3) is 0.818. The van der Waals surface area contributed by atoms with Gasteiger partial charge in [-0.1, -0.05) is 6.92 Å². The summed E-state index contributed by atoms with van der Waals surface area (Å²) < 4.78 is 5.28. The first-order valence-electron chi connectivity index (χ1n) is 5.82. The highest BCUT2D eigenvalue weighted by atomic mass is 16.5. The third-order valence-electron chi connectivity index (χ3n) is 3.41. The molecule has 1 heterocycles. The van der Waals surface area contributed by atoms with Crippen LogP contribution >= 0.6 is 0 Å². The Balaban J connectivity index is 2.16. The number of nitrogens with two attached hydrogens (primary N) is 1. The Morgan fingerprint density at radius 2 is 2.00 bits per heavy atom. The van der Waals surface area contributed by atoms with Gasteiger partial charge in [0.1, 0.15) is 0 Å². The normalized spacial score (nSPS) is 30.4. The summed E-state index contributed by atoms with van der Waals surface area (Å²) in [6.07, 6.45) is 4.14. The molecule has 2 rings (SSSR count). The fourth-order valence-corrected chi connectivity index (χ4v) is 2.09. The first-order valence-corrected chi connectivity index (χ1v) is 5.82. The molecule has 5 heteroatoms. The van der Waals surface area contributed by atoms with Gasteiger partial charge in [0.05, 0.1) is 5.54 Å². The smallest absolute Gasteiger partial charge is 0.265 e. The molecule has 0 saturated heterocycles. The summed E-state index contributed by atoms with van der Waals surface area (Å²) in [5.41, 5.74) is 5.93. The van der Waals surface area contributed by atoms with Crippen LogP contribution in [0, 0.1) is 5.92 Å². The second-order valence-electron chi connectivity index (χ2n) is 5.13. The van der Waals surface area contributed by atoms with Crippen LogP contribution < -0.4 is 10.6 Å². The molecule has 0 amide bonds. The Morgan fingerprint density at radius 1 is 1.38 bits per heavy atom. The van der Waals surface area contributed by atoms with E-state index in [1.165, 1.54) is 0 Å². The number of aromatic nitrogens is 2. The Bertz CT molecular complexity index is 353. The van der Waals surface area contributed by atoms with E-state index < -0.39 is 5.54 Å². The molecular formula is C11H20N4O. The van der Waals surface area contributed by atoms with E-state index in [0.717, 1.165) is 31.6 Å². The lowest BCUT2D eigenvalue weighted by Gasteiger charge is -2.32. The van der Waals surface area contributed by atoms with Crippen molar-refractivity contribution in [1.29, 1.82) is 0 Å². The maximum absolute atomic E-state index is 6.34. The lowest BCUT2D eigenvalue weighted by molar-refractivity contribution is 0.190. The molecule has 0 aromatic carbocycles. The van der Waals surface area contributed by atoms with Gasteiger partial charge in [0.15, 0.2) is 0 Å². The fourth-order valence-electron chi connectivity index (χ4n) is 2.09. The minimum Gasteiger partial charge on any atom is -0.344 e. The van der Waals surface area contributed by atoms with Crippen LogP contribution in [0.2, 0.25) is 0 Å². The molecule has 1 aliphatic carbocycles. The van der Waals surface area contributed by atoms with Gasteiger partial charge >= 0.3 is 0 Å². The molecule has 0 atom stereocenters. The zero-order valence-electron chi connectivity index (χ0n) is 10.2. The van der Waals surface area contributed by atoms with E-state index in [1.54, 1.807) is 0 Å². The van der Waals surface area contributed by atoms with Crippen molar-refractivity contribution in [3.8, 4) is 0 Å². The van der Waals surface area contributed by atoms with Crippen LogP contribution in [-0.4, -0.2) is 24.2 Å². The third kappa shape index (κ3) is 2.04. The van der Waals surface area contributed by atoms with Gasteiger partial charge in [0.25, 0.3) is 5.95 Å². The van der Waals surface area contributed by atoms with Crippen molar-refractivity contribution >= 4 is 5.95 Å². The molecule has 0 bridgehead atoms. The van der Waals surface area contributed by atoms with Crippen molar-refractivity contribution < 1.29 is 4.52 Å². The molecule has 0 spiro atoms. The Morgan fingerprint density at radius 3 is 2.50 bits per heavy atom. The number of rotatable bonds is 2. The molecule has 1 saturated carbocycles. The highest BCUT2D eigenvalue weighted by molar-refractivity contribution is 5.25. The summed E-state index contributed by atoms with van der Waals surface area (Å²) in [7, 11) is 3.78. The minimum absolute atomic E-state index is 0.409.